The van der Waals surface area contributed by atoms with Gasteiger partial charge in [0.25, 0.3) is 5.91 Å². The van der Waals surface area contributed by atoms with Crippen molar-refractivity contribution in [3.63, 3.8) is 0 Å². The Kier molecular flexibility index (Phi) is 11.0. The van der Waals surface area contributed by atoms with E-state index in [9.17, 15) is 14.7 Å². The van der Waals surface area contributed by atoms with E-state index in [0.29, 0.717) is 54.6 Å². The molecule has 8 nitrogen and oxygen atoms in total. The summed E-state index contributed by atoms with van der Waals surface area (Å²) in [4.78, 5) is 22.9. The van der Waals surface area contributed by atoms with Crippen molar-refractivity contribution >= 4 is 11.9 Å². The van der Waals surface area contributed by atoms with Gasteiger partial charge in [0.15, 0.2) is 0 Å². The maximum atomic E-state index is 12.2. The van der Waals surface area contributed by atoms with E-state index in [2.05, 4.69) is 12.2 Å². The number of rotatable bonds is 15. The maximum absolute atomic E-state index is 12.2. The van der Waals surface area contributed by atoms with Gasteiger partial charge >= 0.3 is 0 Å². The number of carboxylic acid groups (broad SMARTS) is 1. The standard InChI is InChI=1S/C26H35NO7/c1-5-9-18-21(11-7-12-22(18)34-17-24(28)29)32-15-8-16-33-23-14-13-20(26(30)27-3)25(31-4)19(23)10-6-2/h7,11-14H,5-6,8-10,15-17H2,1-4H3,(H,27,30)(H,28,29)/p-1. The van der Waals surface area contributed by atoms with E-state index in [1.807, 2.05) is 13.0 Å². The number of aliphatic carboxylic acids is 1. The summed E-state index contributed by atoms with van der Waals surface area (Å²) in [5, 5.41) is 13.4. The molecule has 0 aliphatic rings. The lowest BCUT2D eigenvalue weighted by atomic mass is 10.0. The van der Waals surface area contributed by atoms with Crippen LogP contribution in [0.25, 0.3) is 0 Å². The Bertz CT molecular complexity index is 958. The Hall–Kier alpha value is -3.42. The van der Waals surface area contributed by atoms with Crippen molar-refractivity contribution < 1.29 is 33.6 Å². The molecule has 0 bridgehead atoms. The predicted octanol–water partition coefficient (Wildman–Crippen LogP) is 2.94. The van der Waals surface area contributed by atoms with Crippen LogP contribution < -0.4 is 29.4 Å². The Labute approximate surface area is 201 Å². The summed E-state index contributed by atoms with van der Waals surface area (Å²) in [6, 6.07) is 8.86. The van der Waals surface area contributed by atoms with Crippen LogP contribution in [0, 0.1) is 0 Å². The minimum atomic E-state index is -1.27. The summed E-state index contributed by atoms with van der Waals surface area (Å²) in [6.45, 7) is 4.42. The topological polar surface area (TPSA) is 106 Å². The largest absolute Gasteiger partial charge is 0.546 e. The van der Waals surface area contributed by atoms with Crippen LogP contribution in [0.15, 0.2) is 30.3 Å². The van der Waals surface area contributed by atoms with Gasteiger partial charge in [-0.2, -0.15) is 0 Å². The van der Waals surface area contributed by atoms with Crippen LogP contribution in [0.4, 0.5) is 0 Å². The van der Waals surface area contributed by atoms with Gasteiger partial charge in [0.05, 0.1) is 31.9 Å². The van der Waals surface area contributed by atoms with Crippen LogP contribution in [-0.4, -0.2) is 45.9 Å². The van der Waals surface area contributed by atoms with E-state index in [1.54, 1.807) is 38.4 Å². The molecule has 0 radical (unpaired) electrons. The summed E-state index contributed by atoms with van der Waals surface area (Å²) in [5.74, 6) is 0.910. The first-order valence-electron chi connectivity index (χ1n) is 11.6. The van der Waals surface area contributed by atoms with E-state index >= 15 is 0 Å². The fourth-order valence-electron chi connectivity index (χ4n) is 3.65. The van der Waals surface area contributed by atoms with Gasteiger partial charge in [-0.15, -0.1) is 0 Å². The van der Waals surface area contributed by atoms with Crippen LogP contribution in [0.5, 0.6) is 23.0 Å². The van der Waals surface area contributed by atoms with Crippen molar-refractivity contribution in [3.8, 4) is 23.0 Å². The third-order valence-electron chi connectivity index (χ3n) is 5.13. The third kappa shape index (κ3) is 7.30. The summed E-state index contributed by atoms with van der Waals surface area (Å²) >= 11 is 0. The molecule has 34 heavy (non-hydrogen) atoms. The van der Waals surface area contributed by atoms with Gasteiger partial charge in [-0.05, 0) is 37.1 Å². The van der Waals surface area contributed by atoms with Crippen molar-refractivity contribution in [1.82, 2.24) is 5.32 Å². The molecule has 0 saturated heterocycles. The van der Waals surface area contributed by atoms with Gasteiger partial charge in [-0.1, -0.05) is 32.8 Å². The number of carboxylic acids is 1. The van der Waals surface area contributed by atoms with E-state index in [-0.39, 0.29) is 5.91 Å². The highest BCUT2D eigenvalue weighted by atomic mass is 16.5. The Morgan fingerprint density at radius 3 is 2.03 bits per heavy atom. The highest BCUT2D eigenvalue weighted by Gasteiger charge is 2.19. The average molecular weight is 473 g/mol. The van der Waals surface area contributed by atoms with Gasteiger partial charge in [0, 0.05) is 24.6 Å². The zero-order valence-electron chi connectivity index (χ0n) is 20.4. The molecular formula is C26H34NO7-. The maximum Gasteiger partial charge on any atom is 0.254 e. The Morgan fingerprint density at radius 2 is 1.47 bits per heavy atom. The summed E-state index contributed by atoms with van der Waals surface area (Å²) in [5.41, 5.74) is 2.19. The van der Waals surface area contributed by atoms with Crippen molar-refractivity contribution in [2.24, 2.45) is 0 Å². The van der Waals surface area contributed by atoms with Crippen LogP contribution in [0.1, 0.15) is 54.6 Å². The van der Waals surface area contributed by atoms with E-state index in [4.69, 9.17) is 18.9 Å². The van der Waals surface area contributed by atoms with Crippen molar-refractivity contribution in [2.75, 3.05) is 34.0 Å². The predicted molar refractivity (Wildman–Crippen MR) is 127 cm³/mol. The van der Waals surface area contributed by atoms with Crippen molar-refractivity contribution in [1.29, 1.82) is 0 Å². The number of carbonyl (C=O) groups is 2. The van der Waals surface area contributed by atoms with Gasteiger partial charge in [0.2, 0.25) is 0 Å². The van der Waals surface area contributed by atoms with Crippen molar-refractivity contribution in [3.05, 3.63) is 47.0 Å². The van der Waals surface area contributed by atoms with Gasteiger partial charge in [-0.25, -0.2) is 0 Å². The molecule has 8 heteroatoms. The minimum Gasteiger partial charge on any atom is -0.546 e. The Balaban J connectivity index is 2.03. The summed E-state index contributed by atoms with van der Waals surface area (Å²) in [6.07, 6.45) is 3.79. The minimum absolute atomic E-state index is 0.206. The van der Waals surface area contributed by atoms with Gasteiger partial charge in [0.1, 0.15) is 29.6 Å². The normalized spacial score (nSPS) is 10.5. The second kappa shape index (κ2) is 14.0. The zero-order chi connectivity index (χ0) is 24.9. The number of hydrogen-bond acceptors (Lipinski definition) is 7. The number of methoxy groups -OCH3 is 1. The molecule has 2 rings (SSSR count). The molecule has 186 valence electrons. The summed E-state index contributed by atoms with van der Waals surface area (Å²) < 4.78 is 22.9. The number of ether oxygens (including phenoxy) is 4. The SMILES string of the molecule is CCCc1c(OCCCOc2ccc(C(=O)NC)c(OC)c2CCC)cccc1OCC(=O)[O-]. The molecule has 0 unspecified atom stereocenters. The molecule has 1 amide bonds. The molecule has 0 aliphatic carbocycles. The smallest absolute Gasteiger partial charge is 0.254 e. The molecular weight excluding hydrogens is 438 g/mol. The van der Waals surface area contributed by atoms with Gasteiger partial charge < -0.3 is 34.2 Å². The highest BCUT2D eigenvalue weighted by molar-refractivity contribution is 5.97. The summed E-state index contributed by atoms with van der Waals surface area (Å²) in [7, 11) is 3.14. The van der Waals surface area contributed by atoms with Crippen LogP contribution in [-0.2, 0) is 17.6 Å². The average Bonchev–Trinajstić information content (AvgIpc) is 2.83. The number of benzene rings is 2. The molecule has 0 saturated carbocycles. The molecule has 0 spiro atoms. The van der Waals surface area contributed by atoms with Crippen molar-refractivity contribution in [2.45, 2.75) is 46.0 Å². The molecule has 1 N–H and O–H groups in total. The molecule has 2 aromatic rings. The van der Waals surface area contributed by atoms with Crippen LogP contribution in [0.3, 0.4) is 0 Å². The third-order valence-corrected chi connectivity index (χ3v) is 5.13. The lowest BCUT2D eigenvalue weighted by Gasteiger charge is -2.18. The van der Waals surface area contributed by atoms with Gasteiger partial charge in [-0.3, -0.25) is 4.79 Å². The molecule has 0 heterocycles. The fourth-order valence-corrected chi connectivity index (χ4v) is 3.65. The Morgan fingerprint density at radius 1 is 0.882 bits per heavy atom. The second-order valence-corrected chi connectivity index (χ2v) is 7.65. The zero-order valence-corrected chi connectivity index (χ0v) is 20.4. The highest BCUT2D eigenvalue weighted by Crippen LogP contribution is 2.34. The number of nitrogens with one attached hydrogen (secondary N) is 1. The lowest BCUT2D eigenvalue weighted by Crippen LogP contribution is -2.29. The van der Waals surface area contributed by atoms with E-state index < -0.39 is 12.6 Å². The molecule has 0 aromatic heterocycles. The molecule has 0 fully saturated rings. The lowest BCUT2D eigenvalue weighted by molar-refractivity contribution is -0.307. The quantitative estimate of drug-likeness (QED) is 0.397. The van der Waals surface area contributed by atoms with E-state index in [0.717, 1.165) is 30.4 Å². The van der Waals surface area contributed by atoms with E-state index in [1.165, 1.54) is 0 Å². The monoisotopic (exact) mass is 472 g/mol. The van der Waals surface area contributed by atoms with Crippen LogP contribution >= 0.6 is 0 Å². The van der Waals surface area contributed by atoms with Crippen LogP contribution in [0.2, 0.25) is 0 Å². The first-order chi connectivity index (χ1) is 16.5. The first-order valence-corrected chi connectivity index (χ1v) is 11.6. The number of amides is 1. The first kappa shape index (κ1) is 26.8. The molecule has 0 aliphatic heterocycles. The second-order valence-electron chi connectivity index (χ2n) is 7.65. The number of hydrogen-bond donors (Lipinski definition) is 1. The fraction of sp³-hybridized carbons (Fsp3) is 0.462. The number of carbonyl (C=O) groups excluding carboxylic acids is 2. The molecule has 2 aromatic carbocycles. The molecule has 0 atom stereocenters.